The molecule has 1 aliphatic carbocycles. The molecular formula is C14H16F3NO. The summed E-state index contributed by atoms with van der Waals surface area (Å²) in [5.74, 6) is -0.163. The lowest BCUT2D eigenvalue weighted by Gasteiger charge is -2.21. The van der Waals surface area contributed by atoms with E-state index in [2.05, 4.69) is 0 Å². The first-order valence-corrected chi connectivity index (χ1v) is 6.30. The van der Waals surface area contributed by atoms with Crippen LogP contribution < -0.4 is 5.73 Å². The van der Waals surface area contributed by atoms with E-state index in [0.29, 0.717) is 18.4 Å². The van der Waals surface area contributed by atoms with Gasteiger partial charge in [0.05, 0.1) is 11.1 Å². The quantitative estimate of drug-likeness (QED) is 0.918. The second-order valence-corrected chi connectivity index (χ2v) is 5.16. The van der Waals surface area contributed by atoms with E-state index < -0.39 is 17.3 Å². The van der Waals surface area contributed by atoms with Gasteiger partial charge in [-0.05, 0) is 24.5 Å². The molecule has 0 atom stereocenters. The van der Waals surface area contributed by atoms with Gasteiger partial charge in [-0.25, -0.2) is 0 Å². The number of halogens is 3. The molecule has 2 nitrogen and oxygen atoms in total. The van der Waals surface area contributed by atoms with Crippen LogP contribution in [0.4, 0.5) is 13.2 Å². The minimum absolute atomic E-state index is 0.0274. The molecule has 104 valence electrons. The van der Waals surface area contributed by atoms with Crippen LogP contribution in [0.1, 0.15) is 36.8 Å². The highest BCUT2D eigenvalue weighted by atomic mass is 19.4. The van der Waals surface area contributed by atoms with E-state index in [9.17, 15) is 18.0 Å². The molecule has 0 spiro atoms. The van der Waals surface area contributed by atoms with Gasteiger partial charge in [-0.3, -0.25) is 4.79 Å². The van der Waals surface area contributed by atoms with Crippen LogP contribution in [0.5, 0.6) is 0 Å². The van der Waals surface area contributed by atoms with Crippen molar-refractivity contribution in [3.05, 3.63) is 35.4 Å². The van der Waals surface area contributed by atoms with Crippen molar-refractivity contribution in [1.29, 1.82) is 0 Å². The van der Waals surface area contributed by atoms with E-state index in [1.54, 1.807) is 0 Å². The summed E-state index contributed by atoms with van der Waals surface area (Å²) in [6.07, 6.45) is -1.33. The number of ketones is 1. The van der Waals surface area contributed by atoms with Crippen molar-refractivity contribution in [2.24, 2.45) is 5.73 Å². The summed E-state index contributed by atoms with van der Waals surface area (Å²) in [5, 5.41) is 0. The van der Waals surface area contributed by atoms with Crippen molar-refractivity contribution in [3.8, 4) is 0 Å². The molecule has 1 aliphatic rings. The molecule has 0 amide bonds. The predicted octanol–water partition coefficient (Wildman–Crippen LogP) is 3.09. The number of hydrogen-bond donors (Lipinski definition) is 1. The molecule has 1 aromatic carbocycles. The van der Waals surface area contributed by atoms with Crippen molar-refractivity contribution in [3.63, 3.8) is 0 Å². The first-order chi connectivity index (χ1) is 8.81. The average Bonchev–Trinajstić information content (AvgIpc) is 2.77. The topological polar surface area (TPSA) is 43.1 Å². The number of hydrogen-bond acceptors (Lipinski definition) is 2. The van der Waals surface area contributed by atoms with Gasteiger partial charge >= 0.3 is 6.18 Å². The van der Waals surface area contributed by atoms with Crippen LogP contribution in [0.2, 0.25) is 0 Å². The Morgan fingerprint density at radius 2 is 1.89 bits per heavy atom. The summed E-state index contributed by atoms with van der Waals surface area (Å²) in [5.41, 5.74) is 4.81. The van der Waals surface area contributed by atoms with Gasteiger partial charge < -0.3 is 5.73 Å². The molecule has 2 N–H and O–H groups in total. The molecule has 0 aromatic heterocycles. The Hall–Kier alpha value is -1.36. The van der Waals surface area contributed by atoms with E-state index in [-0.39, 0.29) is 12.2 Å². The Morgan fingerprint density at radius 1 is 1.26 bits per heavy atom. The Balaban J connectivity index is 2.13. The maximum atomic E-state index is 12.6. The maximum absolute atomic E-state index is 12.6. The highest BCUT2D eigenvalue weighted by molar-refractivity contribution is 5.90. The summed E-state index contributed by atoms with van der Waals surface area (Å²) in [4.78, 5) is 12.1. The average molecular weight is 271 g/mol. The van der Waals surface area contributed by atoms with E-state index in [1.807, 2.05) is 0 Å². The molecule has 0 unspecified atom stereocenters. The van der Waals surface area contributed by atoms with Gasteiger partial charge in [-0.1, -0.05) is 31.0 Å². The van der Waals surface area contributed by atoms with Crippen LogP contribution in [0.15, 0.2) is 24.3 Å². The van der Waals surface area contributed by atoms with Gasteiger partial charge in [0.2, 0.25) is 0 Å². The van der Waals surface area contributed by atoms with Gasteiger partial charge in [0.1, 0.15) is 0 Å². The molecular weight excluding hydrogens is 255 g/mol. The number of rotatable bonds is 3. The molecule has 1 saturated carbocycles. The number of carbonyl (C=O) groups is 1. The lowest BCUT2D eigenvalue weighted by Crippen LogP contribution is -2.46. The van der Waals surface area contributed by atoms with E-state index in [0.717, 1.165) is 25.0 Å². The lowest BCUT2D eigenvalue weighted by molar-refractivity contribution is -0.137. The smallest absolute Gasteiger partial charge is 0.319 e. The molecule has 1 aromatic rings. The van der Waals surface area contributed by atoms with Crippen LogP contribution in [0.25, 0.3) is 0 Å². The summed E-state index contributed by atoms with van der Waals surface area (Å²) < 4.78 is 37.7. The van der Waals surface area contributed by atoms with Crippen molar-refractivity contribution >= 4 is 5.78 Å². The minimum Gasteiger partial charge on any atom is -0.319 e. The fourth-order valence-corrected chi connectivity index (χ4v) is 2.50. The Kier molecular flexibility index (Phi) is 3.67. The largest absolute Gasteiger partial charge is 0.416 e. The van der Waals surface area contributed by atoms with Gasteiger partial charge in [0.15, 0.2) is 5.78 Å². The zero-order chi connectivity index (χ0) is 14.1. The van der Waals surface area contributed by atoms with Crippen molar-refractivity contribution in [2.75, 3.05) is 0 Å². The molecule has 0 aliphatic heterocycles. The number of Topliss-reactive ketones (excluding diaryl/α,β-unsaturated/α-hetero) is 1. The Morgan fingerprint density at radius 3 is 2.47 bits per heavy atom. The third-order valence-corrected chi connectivity index (χ3v) is 3.67. The zero-order valence-corrected chi connectivity index (χ0v) is 10.5. The van der Waals surface area contributed by atoms with Crippen LogP contribution >= 0.6 is 0 Å². The summed E-state index contributed by atoms with van der Waals surface area (Å²) in [6.45, 7) is 0. The standard InChI is InChI=1S/C14H16F3NO/c15-14(16,17)11-5-3-4-10(8-11)9-12(19)13(18)6-1-2-7-13/h3-5,8H,1-2,6-7,9,18H2. The third kappa shape index (κ3) is 3.15. The van der Waals surface area contributed by atoms with Crippen molar-refractivity contribution < 1.29 is 18.0 Å². The minimum atomic E-state index is -4.38. The molecule has 19 heavy (non-hydrogen) atoms. The fourth-order valence-electron chi connectivity index (χ4n) is 2.50. The molecule has 0 saturated heterocycles. The number of carbonyl (C=O) groups excluding carboxylic acids is 1. The molecule has 2 rings (SSSR count). The maximum Gasteiger partial charge on any atom is 0.416 e. The zero-order valence-electron chi connectivity index (χ0n) is 10.5. The van der Waals surface area contributed by atoms with Gasteiger partial charge in [-0.2, -0.15) is 13.2 Å². The number of nitrogens with two attached hydrogens (primary N) is 1. The monoisotopic (exact) mass is 271 g/mol. The van der Waals surface area contributed by atoms with Crippen LogP contribution in [0, 0.1) is 0 Å². The van der Waals surface area contributed by atoms with Gasteiger partial charge in [0, 0.05) is 6.42 Å². The lowest BCUT2D eigenvalue weighted by atomic mass is 9.89. The SMILES string of the molecule is NC1(C(=O)Cc2cccc(C(F)(F)F)c2)CCCC1. The normalized spacial score (nSPS) is 18.5. The first-order valence-electron chi connectivity index (χ1n) is 6.30. The Bertz CT molecular complexity index is 476. The van der Waals surface area contributed by atoms with E-state index in [1.165, 1.54) is 12.1 Å². The summed E-state index contributed by atoms with van der Waals surface area (Å²) in [6, 6.07) is 4.88. The summed E-state index contributed by atoms with van der Waals surface area (Å²) in [7, 11) is 0. The first kappa shape index (κ1) is 14.1. The molecule has 5 heteroatoms. The molecule has 0 radical (unpaired) electrons. The predicted molar refractivity (Wildman–Crippen MR) is 65.5 cm³/mol. The highest BCUT2D eigenvalue weighted by Crippen LogP contribution is 2.31. The second-order valence-electron chi connectivity index (χ2n) is 5.16. The van der Waals surface area contributed by atoms with E-state index in [4.69, 9.17) is 5.73 Å². The van der Waals surface area contributed by atoms with Crippen LogP contribution in [-0.4, -0.2) is 11.3 Å². The van der Waals surface area contributed by atoms with Gasteiger partial charge in [0.25, 0.3) is 0 Å². The fraction of sp³-hybridized carbons (Fsp3) is 0.500. The highest BCUT2D eigenvalue weighted by Gasteiger charge is 2.36. The molecule has 1 fully saturated rings. The van der Waals surface area contributed by atoms with Crippen LogP contribution in [0.3, 0.4) is 0 Å². The third-order valence-electron chi connectivity index (χ3n) is 3.67. The number of alkyl halides is 3. The second kappa shape index (κ2) is 4.96. The number of benzene rings is 1. The van der Waals surface area contributed by atoms with E-state index >= 15 is 0 Å². The van der Waals surface area contributed by atoms with Gasteiger partial charge in [-0.15, -0.1) is 0 Å². The Labute approximate surface area is 109 Å². The van der Waals surface area contributed by atoms with Crippen molar-refractivity contribution in [1.82, 2.24) is 0 Å². The molecule has 0 bridgehead atoms. The summed E-state index contributed by atoms with van der Waals surface area (Å²) >= 11 is 0. The van der Waals surface area contributed by atoms with Crippen LogP contribution in [-0.2, 0) is 17.4 Å². The molecule has 0 heterocycles. The van der Waals surface area contributed by atoms with Crippen molar-refractivity contribution in [2.45, 2.75) is 43.8 Å².